The number of imide groups is 1. The highest BCUT2D eigenvalue weighted by atomic mass is 35.5. The van der Waals surface area contributed by atoms with Gasteiger partial charge in [0.25, 0.3) is 0 Å². The van der Waals surface area contributed by atoms with Crippen molar-refractivity contribution >= 4 is 40.7 Å². The van der Waals surface area contributed by atoms with E-state index in [9.17, 15) is 9.59 Å². The maximum atomic E-state index is 12.9. The van der Waals surface area contributed by atoms with Gasteiger partial charge in [-0.1, -0.05) is 35.4 Å². The number of carbonyl (C=O) groups excluding carboxylic acids is 2. The average Bonchev–Trinajstić information content (AvgIpc) is 3.28. The van der Waals surface area contributed by atoms with Gasteiger partial charge in [-0.2, -0.15) is 0 Å². The summed E-state index contributed by atoms with van der Waals surface area (Å²) in [6.07, 6.45) is 5.48. The lowest BCUT2D eigenvalue weighted by molar-refractivity contribution is -0.124. The summed E-state index contributed by atoms with van der Waals surface area (Å²) in [5, 5.41) is 0.856. The maximum Gasteiger partial charge on any atom is 0.238 e. The predicted molar refractivity (Wildman–Crippen MR) is 83.7 cm³/mol. The molecule has 1 aromatic carbocycles. The molecule has 1 aliphatic heterocycles. The molecule has 2 bridgehead atoms. The molecule has 22 heavy (non-hydrogen) atoms. The zero-order chi connectivity index (χ0) is 15.2. The molecule has 1 aromatic rings. The normalized spacial score (nSPS) is 40.9. The van der Waals surface area contributed by atoms with Crippen LogP contribution in [-0.2, 0) is 9.59 Å². The first-order valence-corrected chi connectivity index (χ1v) is 8.34. The highest BCUT2D eigenvalue weighted by Gasteiger charge is 2.67. The molecule has 0 radical (unpaired) electrons. The molecule has 1 saturated heterocycles. The van der Waals surface area contributed by atoms with Crippen LogP contribution in [0.3, 0.4) is 0 Å². The number of carbonyl (C=O) groups is 2. The Morgan fingerprint density at radius 2 is 1.55 bits per heavy atom. The second kappa shape index (κ2) is 4.15. The SMILES string of the molecule is O=C1[C@@H]2[C@H]3C=C[C@@H]([C@@H]4C[C@@H]34)[C@@H]2C(=O)N1c1cc(Cl)ccc1Cl. The largest absolute Gasteiger partial charge is 0.274 e. The minimum absolute atomic E-state index is 0.108. The van der Waals surface area contributed by atoms with E-state index in [2.05, 4.69) is 12.2 Å². The van der Waals surface area contributed by atoms with E-state index in [0.29, 0.717) is 27.6 Å². The van der Waals surface area contributed by atoms with E-state index in [-0.39, 0.29) is 35.5 Å². The zero-order valence-corrected chi connectivity index (χ0v) is 13.1. The number of halogens is 2. The summed E-state index contributed by atoms with van der Waals surface area (Å²) in [5.41, 5.74) is 0.423. The van der Waals surface area contributed by atoms with E-state index in [0.717, 1.165) is 6.42 Å². The summed E-state index contributed by atoms with van der Waals surface area (Å²) in [7, 11) is 0. The van der Waals surface area contributed by atoms with Crippen molar-refractivity contribution in [3.05, 3.63) is 40.4 Å². The highest BCUT2D eigenvalue weighted by molar-refractivity contribution is 6.37. The first-order chi connectivity index (χ1) is 10.6. The highest BCUT2D eigenvalue weighted by Crippen LogP contribution is 2.65. The third-order valence-corrected chi connectivity index (χ3v) is 6.37. The second-order valence-electron chi connectivity index (χ2n) is 6.76. The van der Waals surface area contributed by atoms with Gasteiger partial charge < -0.3 is 0 Å². The van der Waals surface area contributed by atoms with Gasteiger partial charge >= 0.3 is 0 Å². The molecule has 4 aliphatic carbocycles. The van der Waals surface area contributed by atoms with Gasteiger partial charge in [-0.25, -0.2) is 4.90 Å². The molecular weight excluding hydrogens is 321 g/mol. The minimum Gasteiger partial charge on any atom is -0.274 e. The lowest BCUT2D eigenvalue weighted by Crippen LogP contribution is -2.40. The van der Waals surface area contributed by atoms with Crippen LogP contribution in [0.1, 0.15) is 6.42 Å². The Morgan fingerprint density at radius 3 is 2.14 bits per heavy atom. The molecule has 5 heteroatoms. The van der Waals surface area contributed by atoms with Crippen molar-refractivity contribution in [1.29, 1.82) is 0 Å². The Kier molecular flexibility index (Phi) is 2.48. The van der Waals surface area contributed by atoms with Crippen LogP contribution < -0.4 is 4.90 Å². The van der Waals surface area contributed by atoms with E-state index in [1.807, 2.05) is 0 Å². The van der Waals surface area contributed by atoms with Crippen molar-refractivity contribution in [2.45, 2.75) is 6.42 Å². The third kappa shape index (κ3) is 1.49. The first kappa shape index (κ1) is 13.1. The molecule has 6 atom stereocenters. The lowest BCUT2D eigenvalue weighted by Gasteiger charge is -2.37. The molecule has 1 heterocycles. The van der Waals surface area contributed by atoms with Crippen molar-refractivity contribution in [3.8, 4) is 0 Å². The van der Waals surface area contributed by atoms with Crippen molar-refractivity contribution < 1.29 is 9.59 Å². The van der Waals surface area contributed by atoms with E-state index >= 15 is 0 Å². The molecule has 0 aromatic heterocycles. The topological polar surface area (TPSA) is 37.4 Å². The molecule has 3 fully saturated rings. The van der Waals surface area contributed by atoms with Gasteiger partial charge in [0.1, 0.15) is 0 Å². The number of anilines is 1. The van der Waals surface area contributed by atoms with E-state index in [1.54, 1.807) is 18.2 Å². The van der Waals surface area contributed by atoms with Gasteiger partial charge in [0, 0.05) is 5.02 Å². The summed E-state index contributed by atoms with van der Waals surface area (Å²) in [5.74, 6) is 1.01. The maximum absolute atomic E-state index is 12.9. The lowest BCUT2D eigenvalue weighted by atomic mass is 9.63. The van der Waals surface area contributed by atoms with Crippen LogP contribution in [0.5, 0.6) is 0 Å². The van der Waals surface area contributed by atoms with Crippen LogP contribution in [0.2, 0.25) is 10.0 Å². The molecule has 5 aliphatic rings. The third-order valence-electron chi connectivity index (χ3n) is 5.81. The predicted octanol–water partition coefficient (Wildman–Crippen LogP) is 3.55. The molecule has 2 saturated carbocycles. The quantitative estimate of drug-likeness (QED) is 0.582. The smallest absolute Gasteiger partial charge is 0.238 e. The average molecular weight is 334 g/mol. The van der Waals surface area contributed by atoms with Crippen LogP contribution in [0.25, 0.3) is 0 Å². The number of nitrogens with zero attached hydrogens (tertiary/aromatic N) is 1. The Labute approximate surface area is 137 Å². The standard InChI is InChI=1S/C17H13Cl2NO2/c18-7-1-4-12(19)13(5-7)20-16(21)14-8-2-3-9(11-6-10(8)11)15(14)17(20)22/h1-5,8-11,14-15H,6H2/t8-,9-,10-,11-,14-,15+/m0/s1. The van der Waals surface area contributed by atoms with E-state index < -0.39 is 0 Å². The Balaban J connectivity index is 1.62. The summed E-state index contributed by atoms with van der Waals surface area (Å²) in [4.78, 5) is 27.2. The number of hydrogen-bond acceptors (Lipinski definition) is 2. The Bertz CT molecular complexity index is 723. The number of rotatable bonds is 1. The van der Waals surface area contributed by atoms with Crippen LogP contribution >= 0.6 is 23.2 Å². The number of hydrogen-bond donors (Lipinski definition) is 0. The monoisotopic (exact) mass is 333 g/mol. The van der Waals surface area contributed by atoms with Crippen molar-refractivity contribution in [2.75, 3.05) is 4.90 Å². The van der Waals surface area contributed by atoms with Crippen LogP contribution in [0, 0.1) is 35.5 Å². The van der Waals surface area contributed by atoms with Crippen molar-refractivity contribution in [3.63, 3.8) is 0 Å². The fraction of sp³-hybridized carbons (Fsp3) is 0.412. The summed E-state index contributed by atoms with van der Waals surface area (Å²) < 4.78 is 0. The van der Waals surface area contributed by atoms with Crippen LogP contribution in [0.4, 0.5) is 5.69 Å². The molecule has 0 spiro atoms. The summed E-state index contributed by atoms with van der Waals surface area (Å²) >= 11 is 12.2. The molecule has 6 rings (SSSR count). The second-order valence-corrected chi connectivity index (χ2v) is 7.61. The fourth-order valence-electron chi connectivity index (χ4n) is 4.85. The van der Waals surface area contributed by atoms with Crippen LogP contribution in [0.15, 0.2) is 30.4 Å². The Morgan fingerprint density at radius 1 is 0.955 bits per heavy atom. The van der Waals surface area contributed by atoms with Crippen molar-refractivity contribution in [2.24, 2.45) is 35.5 Å². The summed E-state index contributed by atoms with van der Waals surface area (Å²) in [6.45, 7) is 0. The van der Waals surface area contributed by atoms with Crippen LogP contribution in [-0.4, -0.2) is 11.8 Å². The number of benzene rings is 1. The van der Waals surface area contributed by atoms with E-state index in [4.69, 9.17) is 23.2 Å². The number of allylic oxidation sites excluding steroid dienone is 2. The van der Waals surface area contributed by atoms with Gasteiger partial charge in [-0.15, -0.1) is 0 Å². The molecular formula is C17H13Cl2NO2. The molecule has 0 N–H and O–H groups in total. The molecule has 112 valence electrons. The van der Waals surface area contributed by atoms with Gasteiger partial charge in [0.15, 0.2) is 0 Å². The number of amides is 2. The van der Waals surface area contributed by atoms with Gasteiger partial charge in [0.05, 0.1) is 22.5 Å². The first-order valence-electron chi connectivity index (χ1n) is 7.59. The van der Waals surface area contributed by atoms with Gasteiger partial charge in [0.2, 0.25) is 11.8 Å². The molecule has 0 unspecified atom stereocenters. The fourth-order valence-corrected chi connectivity index (χ4v) is 5.22. The summed E-state index contributed by atoms with van der Waals surface area (Å²) in [6, 6.07) is 4.89. The molecule has 2 amide bonds. The minimum atomic E-state index is -0.207. The van der Waals surface area contributed by atoms with Gasteiger partial charge in [-0.3, -0.25) is 9.59 Å². The molecule has 3 nitrogen and oxygen atoms in total. The zero-order valence-electron chi connectivity index (χ0n) is 11.6. The van der Waals surface area contributed by atoms with Crippen molar-refractivity contribution in [1.82, 2.24) is 0 Å². The van der Waals surface area contributed by atoms with E-state index in [1.165, 1.54) is 4.90 Å². The van der Waals surface area contributed by atoms with Gasteiger partial charge in [-0.05, 0) is 48.3 Å². The Hall–Kier alpha value is -1.32.